The smallest absolute Gasteiger partial charge is 0.147 e. The van der Waals surface area contributed by atoms with Crippen molar-refractivity contribution in [3.8, 4) is 0 Å². The van der Waals surface area contributed by atoms with E-state index in [0.29, 0.717) is 11.1 Å². The van der Waals surface area contributed by atoms with Crippen LogP contribution in [-0.4, -0.2) is 41.7 Å². The van der Waals surface area contributed by atoms with Gasteiger partial charge in [0.2, 0.25) is 0 Å². The van der Waals surface area contributed by atoms with Crippen molar-refractivity contribution < 1.29 is 4.74 Å². The Kier molecular flexibility index (Phi) is 6.40. The van der Waals surface area contributed by atoms with Gasteiger partial charge in [0, 0.05) is 26.7 Å². The molecular weight excluding hydrogens is 238 g/mol. The summed E-state index contributed by atoms with van der Waals surface area (Å²) in [4.78, 5) is 10.6. The van der Waals surface area contributed by atoms with Crippen LogP contribution in [0.25, 0.3) is 0 Å². The Bertz CT molecular complexity index is 316. The van der Waals surface area contributed by atoms with Crippen molar-refractivity contribution in [3.63, 3.8) is 0 Å². The first-order valence-electron chi connectivity index (χ1n) is 5.79. The topological polar surface area (TPSA) is 38.2 Å². The summed E-state index contributed by atoms with van der Waals surface area (Å²) in [5.41, 5.74) is 0.936. The minimum absolute atomic E-state index is 0.432. The Balaban J connectivity index is 2.54. The number of ether oxygens (including phenoxy) is 1. The molecule has 17 heavy (non-hydrogen) atoms. The zero-order valence-electron chi connectivity index (χ0n) is 10.7. The van der Waals surface area contributed by atoms with Crippen molar-refractivity contribution in [3.05, 3.63) is 23.2 Å². The molecule has 0 aliphatic heterocycles. The van der Waals surface area contributed by atoms with Gasteiger partial charge in [-0.25, -0.2) is 4.98 Å². The van der Waals surface area contributed by atoms with Crippen LogP contribution in [0.5, 0.6) is 0 Å². The number of aromatic nitrogens is 2. The highest BCUT2D eigenvalue weighted by molar-refractivity contribution is 6.29. The van der Waals surface area contributed by atoms with E-state index in [2.05, 4.69) is 28.7 Å². The van der Waals surface area contributed by atoms with Crippen LogP contribution in [0, 0.1) is 5.92 Å². The summed E-state index contributed by atoms with van der Waals surface area (Å²) in [6.07, 6.45) is 3.31. The van der Waals surface area contributed by atoms with Crippen LogP contribution in [-0.2, 0) is 11.3 Å². The molecule has 0 saturated heterocycles. The molecule has 0 unspecified atom stereocenters. The van der Waals surface area contributed by atoms with Crippen LogP contribution in [0.3, 0.4) is 0 Å². The maximum atomic E-state index is 5.71. The van der Waals surface area contributed by atoms with Gasteiger partial charge in [-0.15, -0.1) is 0 Å². The van der Waals surface area contributed by atoms with Crippen molar-refractivity contribution in [2.24, 2.45) is 5.92 Å². The van der Waals surface area contributed by atoms with Crippen LogP contribution < -0.4 is 0 Å². The fourth-order valence-electron chi connectivity index (χ4n) is 1.62. The van der Waals surface area contributed by atoms with E-state index in [4.69, 9.17) is 16.3 Å². The Morgan fingerprint density at radius 3 is 2.65 bits per heavy atom. The summed E-state index contributed by atoms with van der Waals surface area (Å²) in [5.74, 6) is 0.618. The molecule has 5 heteroatoms. The van der Waals surface area contributed by atoms with E-state index in [1.165, 1.54) is 0 Å². The largest absolute Gasteiger partial charge is 0.383 e. The quantitative estimate of drug-likeness (QED) is 0.751. The molecule has 1 heterocycles. The molecule has 0 fully saturated rings. The minimum atomic E-state index is 0.432. The third kappa shape index (κ3) is 5.96. The lowest BCUT2D eigenvalue weighted by Gasteiger charge is -2.23. The van der Waals surface area contributed by atoms with Gasteiger partial charge in [-0.1, -0.05) is 25.4 Å². The van der Waals surface area contributed by atoms with Gasteiger partial charge < -0.3 is 4.74 Å². The van der Waals surface area contributed by atoms with E-state index in [1.54, 1.807) is 19.5 Å². The number of hydrogen-bond donors (Lipinski definition) is 0. The fraction of sp³-hybridized carbons (Fsp3) is 0.667. The van der Waals surface area contributed by atoms with Crippen molar-refractivity contribution in [1.29, 1.82) is 0 Å². The summed E-state index contributed by atoms with van der Waals surface area (Å²) >= 11 is 5.71. The van der Waals surface area contributed by atoms with Crippen LogP contribution in [0.15, 0.2) is 12.4 Å². The molecule has 0 atom stereocenters. The molecule has 0 radical (unpaired) electrons. The maximum Gasteiger partial charge on any atom is 0.147 e. The molecule has 4 nitrogen and oxygen atoms in total. The lowest BCUT2D eigenvalue weighted by Crippen LogP contribution is -2.31. The molecule has 0 N–H and O–H groups in total. The van der Waals surface area contributed by atoms with E-state index in [1.807, 2.05) is 0 Å². The van der Waals surface area contributed by atoms with E-state index in [9.17, 15) is 0 Å². The van der Waals surface area contributed by atoms with Gasteiger partial charge in [0.15, 0.2) is 0 Å². The summed E-state index contributed by atoms with van der Waals surface area (Å²) in [5, 5.41) is 0.432. The van der Waals surface area contributed by atoms with Gasteiger partial charge in [-0.05, 0) is 5.92 Å². The van der Waals surface area contributed by atoms with Crippen molar-refractivity contribution in [2.75, 3.05) is 26.8 Å². The molecule has 1 aromatic heterocycles. The molecule has 0 aromatic carbocycles. The average Bonchev–Trinajstić information content (AvgIpc) is 2.28. The second kappa shape index (κ2) is 7.58. The van der Waals surface area contributed by atoms with Crippen LogP contribution >= 0.6 is 11.6 Å². The molecule has 1 aromatic rings. The van der Waals surface area contributed by atoms with E-state index >= 15 is 0 Å². The average molecular weight is 258 g/mol. The van der Waals surface area contributed by atoms with Crippen molar-refractivity contribution in [1.82, 2.24) is 14.9 Å². The SMILES string of the molecule is COCCN(Cc1cnc(Cl)cn1)CC(C)C. The molecule has 0 saturated carbocycles. The second-order valence-corrected chi connectivity index (χ2v) is 4.84. The Hall–Kier alpha value is -0.710. The molecule has 0 aliphatic carbocycles. The van der Waals surface area contributed by atoms with Gasteiger partial charge in [0.05, 0.1) is 24.7 Å². The van der Waals surface area contributed by atoms with Gasteiger partial charge in [0.1, 0.15) is 5.15 Å². The van der Waals surface area contributed by atoms with Crippen molar-refractivity contribution >= 4 is 11.6 Å². The third-order valence-corrected chi connectivity index (χ3v) is 2.49. The van der Waals surface area contributed by atoms with Crippen molar-refractivity contribution in [2.45, 2.75) is 20.4 Å². The zero-order valence-corrected chi connectivity index (χ0v) is 11.4. The number of hydrogen-bond acceptors (Lipinski definition) is 4. The Labute approximate surface area is 108 Å². The molecule has 0 spiro atoms. The molecule has 1 rings (SSSR count). The molecule has 0 bridgehead atoms. The van der Waals surface area contributed by atoms with Gasteiger partial charge in [-0.3, -0.25) is 9.88 Å². The summed E-state index contributed by atoms with van der Waals surface area (Å²) in [7, 11) is 1.72. The fourth-order valence-corrected chi connectivity index (χ4v) is 1.72. The normalized spacial score (nSPS) is 11.4. The highest BCUT2D eigenvalue weighted by Gasteiger charge is 2.09. The number of halogens is 1. The summed E-state index contributed by atoms with van der Waals surface area (Å²) in [6.45, 7) is 7.84. The third-order valence-electron chi connectivity index (χ3n) is 2.29. The predicted molar refractivity (Wildman–Crippen MR) is 69.0 cm³/mol. The first-order valence-corrected chi connectivity index (χ1v) is 6.17. The van der Waals surface area contributed by atoms with Crippen LogP contribution in [0.1, 0.15) is 19.5 Å². The van der Waals surface area contributed by atoms with E-state index in [-0.39, 0.29) is 0 Å². The van der Waals surface area contributed by atoms with Gasteiger partial charge in [-0.2, -0.15) is 0 Å². The van der Waals surface area contributed by atoms with Gasteiger partial charge >= 0.3 is 0 Å². The molecular formula is C12H20ClN3O. The molecule has 0 aliphatic rings. The van der Waals surface area contributed by atoms with Crippen LogP contribution in [0.4, 0.5) is 0 Å². The first kappa shape index (κ1) is 14.4. The van der Waals surface area contributed by atoms with E-state index in [0.717, 1.165) is 31.9 Å². The number of nitrogens with zero attached hydrogens (tertiary/aromatic N) is 3. The number of rotatable bonds is 7. The predicted octanol–water partition coefficient (Wildman–Crippen LogP) is 2.23. The summed E-state index contributed by atoms with van der Waals surface area (Å²) in [6, 6.07) is 0. The Morgan fingerprint density at radius 1 is 1.35 bits per heavy atom. The lowest BCUT2D eigenvalue weighted by atomic mass is 10.2. The first-order chi connectivity index (χ1) is 8.11. The minimum Gasteiger partial charge on any atom is -0.383 e. The standard InChI is InChI=1S/C12H20ClN3O/c1-10(2)8-16(4-5-17-3)9-11-6-15-12(13)7-14-11/h6-7,10H,4-5,8-9H2,1-3H3. The monoisotopic (exact) mass is 257 g/mol. The highest BCUT2D eigenvalue weighted by Crippen LogP contribution is 2.06. The lowest BCUT2D eigenvalue weighted by molar-refractivity contribution is 0.135. The van der Waals surface area contributed by atoms with E-state index < -0.39 is 0 Å². The molecule has 0 amide bonds. The number of methoxy groups -OCH3 is 1. The molecule has 96 valence electrons. The van der Waals surface area contributed by atoms with Crippen LogP contribution in [0.2, 0.25) is 5.15 Å². The Morgan fingerprint density at radius 2 is 2.12 bits per heavy atom. The highest BCUT2D eigenvalue weighted by atomic mass is 35.5. The second-order valence-electron chi connectivity index (χ2n) is 4.45. The van der Waals surface area contributed by atoms with Gasteiger partial charge in [0.25, 0.3) is 0 Å². The maximum absolute atomic E-state index is 5.71. The summed E-state index contributed by atoms with van der Waals surface area (Å²) < 4.78 is 5.11. The zero-order chi connectivity index (χ0) is 12.7.